The Bertz CT molecular complexity index is 566. The van der Waals surface area contributed by atoms with E-state index in [2.05, 4.69) is 49.5 Å². The molecule has 1 atom stereocenters. The number of hydrogen-bond donors (Lipinski definition) is 2. The number of fused-ring (bicyclic) bond motifs is 1. The number of methoxy groups -OCH3 is 1. The molecule has 108 valence electrons. The van der Waals surface area contributed by atoms with E-state index < -0.39 is 0 Å². The monoisotopic (exact) mass is 272 g/mol. The number of ether oxygens (including phenoxy) is 1. The predicted octanol–water partition coefficient (Wildman–Crippen LogP) is 3.09. The highest BCUT2D eigenvalue weighted by Gasteiger charge is 2.10. The maximum atomic E-state index is 5.90. The Morgan fingerprint density at radius 2 is 1.80 bits per heavy atom. The Morgan fingerprint density at radius 3 is 2.45 bits per heavy atom. The molecule has 2 rings (SSSR count). The van der Waals surface area contributed by atoms with Gasteiger partial charge < -0.3 is 15.8 Å². The number of benzene rings is 2. The minimum atomic E-state index is 0.212. The molecule has 2 aromatic rings. The standard InChI is InChI=1S/C17H24N2O/c1-12(2)11-19-17(10-18)15-5-4-14-9-16(20-3)7-6-13(14)8-15/h4-9,12,17,19H,10-11,18H2,1-3H3. The Hall–Kier alpha value is -1.58. The first kappa shape index (κ1) is 14.8. The van der Waals surface area contributed by atoms with E-state index in [1.165, 1.54) is 16.3 Å². The molecular weight excluding hydrogens is 248 g/mol. The third-order valence-corrected chi connectivity index (χ3v) is 3.48. The molecule has 0 bridgehead atoms. The van der Waals surface area contributed by atoms with E-state index in [1.807, 2.05) is 6.07 Å². The molecule has 0 aliphatic heterocycles. The van der Waals surface area contributed by atoms with Crippen molar-refractivity contribution in [3.8, 4) is 5.75 Å². The molecule has 2 aromatic carbocycles. The zero-order valence-corrected chi connectivity index (χ0v) is 12.5. The van der Waals surface area contributed by atoms with E-state index in [1.54, 1.807) is 7.11 Å². The van der Waals surface area contributed by atoms with E-state index >= 15 is 0 Å². The zero-order valence-electron chi connectivity index (χ0n) is 12.5. The summed E-state index contributed by atoms with van der Waals surface area (Å²) >= 11 is 0. The van der Waals surface area contributed by atoms with Crippen molar-refractivity contribution >= 4 is 10.8 Å². The summed E-state index contributed by atoms with van der Waals surface area (Å²) in [7, 11) is 1.69. The van der Waals surface area contributed by atoms with E-state index in [9.17, 15) is 0 Å². The maximum absolute atomic E-state index is 5.90. The second-order valence-electron chi connectivity index (χ2n) is 5.56. The van der Waals surface area contributed by atoms with E-state index in [4.69, 9.17) is 10.5 Å². The largest absolute Gasteiger partial charge is 0.497 e. The van der Waals surface area contributed by atoms with Crippen LogP contribution in [-0.2, 0) is 0 Å². The van der Waals surface area contributed by atoms with Crippen molar-refractivity contribution in [3.05, 3.63) is 42.0 Å². The van der Waals surface area contributed by atoms with Gasteiger partial charge >= 0.3 is 0 Å². The summed E-state index contributed by atoms with van der Waals surface area (Å²) in [4.78, 5) is 0. The molecule has 0 spiro atoms. The third-order valence-electron chi connectivity index (χ3n) is 3.48. The van der Waals surface area contributed by atoms with Crippen molar-refractivity contribution in [2.24, 2.45) is 11.7 Å². The van der Waals surface area contributed by atoms with E-state index in [0.717, 1.165) is 12.3 Å². The number of nitrogens with two attached hydrogens (primary N) is 1. The van der Waals surface area contributed by atoms with E-state index in [0.29, 0.717) is 12.5 Å². The highest BCUT2D eigenvalue weighted by Crippen LogP contribution is 2.24. The Morgan fingerprint density at radius 1 is 1.10 bits per heavy atom. The fourth-order valence-electron chi connectivity index (χ4n) is 2.30. The highest BCUT2D eigenvalue weighted by molar-refractivity contribution is 5.84. The van der Waals surface area contributed by atoms with Gasteiger partial charge in [0.2, 0.25) is 0 Å². The van der Waals surface area contributed by atoms with Gasteiger partial charge in [-0.3, -0.25) is 0 Å². The van der Waals surface area contributed by atoms with Crippen molar-refractivity contribution in [3.63, 3.8) is 0 Å². The van der Waals surface area contributed by atoms with Gasteiger partial charge in [0.25, 0.3) is 0 Å². The Balaban J connectivity index is 2.25. The lowest BCUT2D eigenvalue weighted by atomic mass is 10.0. The molecule has 20 heavy (non-hydrogen) atoms. The minimum Gasteiger partial charge on any atom is -0.497 e. The molecule has 1 unspecified atom stereocenters. The lowest BCUT2D eigenvalue weighted by Crippen LogP contribution is -2.30. The summed E-state index contributed by atoms with van der Waals surface area (Å²) < 4.78 is 5.25. The molecule has 0 heterocycles. The number of nitrogens with one attached hydrogen (secondary N) is 1. The van der Waals surface area contributed by atoms with Crippen LogP contribution in [0.5, 0.6) is 5.75 Å². The minimum absolute atomic E-state index is 0.212. The average Bonchev–Trinajstić information content (AvgIpc) is 2.47. The maximum Gasteiger partial charge on any atom is 0.119 e. The molecule has 0 aromatic heterocycles. The lowest BCUT2D eigenvalue weighted by molar-refractivity contribution is 0.415. The van der Waals surface area contributed by atoms with Crippen LogP contribution in [0.15, 0.2) is 36.4 Å². The molecule has 3 heteroatoms. The second-order valence-corrected chi connectivity index (χ2v) is 5.56. The summed E-state index contributed by atoms with van der Waals surface area (Å²) in [5.41, 5.74) is 7.14. The molecule has 0 aliphatic rings. The first-order chi connectivity index (χ1) is 9.63. The highest BCUT2D eigenvalue weighted by atomic mass is 16.5. The van der Waals surface area contributed by atoms with Crippen LogP contribution in [0, 0.1) is 5.92 Å². The van der Waals surface area contributed by atoms with Crippen molar-refractivity contribution < 1.29 is 4.74 Å². The van der Waals surface area contributed by atoms with Gasteiger partial charge in [0.05, 0.1) is 7.11 Å². The van der Waals surface area contributed by atoms with Crippen molar-refractivity contribution in [2.75, 3.05) is 20.2 Å². The summed E-state index contributed by atoms with van der Waals surface area (Å²) in [5.74, 6) is 1.51. The van der Waals surface area contributed by atoms with Gasteiger partial charge in [0.1, 0.15) is 5.75 Å². The van der Waals surface area contributed by atoms with Crippen LogP contribution in [0.3, 0.4) is 0 Å². The first-order valence-electron chi connectivity index (χ1n) is 7.15. The van der Waals surface area contributed by atoms with Gasteiger partial charge in [-0.2, -0.15) is 0 Å². The zero-order chi connectivity index (χ0) is 14.5. The Kier molecular flexibility index (Phi) is 4.99. The fraction of sp³-hybridized carbons (Fsp3) is 0.412. The van der Waals surface area contributed by atoms with Crippen LogP contribution in [0.1, 0.15) is 25.5 Å². The van der Waals surface area contributed by atoms with Gasteiger partial charge in [-0.05, 0) is 47.0 Å². The molecule has 3 nitrogen and oxygen atoms in total. The quantitative estimate of drug-likeness (QED) is 0.849. The molecule has 0 amide bonds. The molecule has 0 aliphatic carbocycles. The van der Waals surface area contributed by atoms with Crippen LogP contribution in [0.25, 0.3) is 10.8 Å². The second kappa shape index (κ2) is 6.73. The SMILES string of the molecule is COc1ccc2cc(C(CN)NCC(C)C)ccc2c1. The van der Waals surface area contributed by atoms with Crippen LogP contribution in [-0.4, -0.2) is 20.2 Å². The normalized spacial score (nSPS) is 12.8. The van der Waals surface area contributed by atoms with Crippen LogP contribution >= 0.6 is 0 Å². The molecule has 0 saturated carbocycles. The summed E-state index contributed by atoms with van der Waals surface area (Å²) in [6, 6.07) is 12.8. The van der Waals surface area contributed by atoms with Crippen LogP contribution in [0.2, 0.25) is 0 Å². The van der Waals surface area contributed by atoms with Gasteiger partial charge in [-0.15, -0.1) is 0 Å². The van der Waals surface area contributed by atoms with Gasteiger partial charge in [-0.25, -0.2) is 0 Å². The smallest absolute Gasteiger partial charge is 0.119 e. The number of hydrogen-bond acceptors (Lipinski definition) is 3. The molecule has 0 fully saturated rings. The summed E-state index contributed by atoms with van der Waals surface area (Å²) in [6.07, 6.45) is 0. The Labute approximate surface area is 121 Å². The average molecular weight is 272 g/mol. The van der Waals surface area contributed by atoms with Crippen molar-refractivity contribution in [1.29, 1.82) is 0 Å². The van der Waals surface area contributed by atoms with E-state index in [-0.39, 0.29) is 6.04 Å². The summed E-state index contributed by atoms with van der Waals surface area (Å²) in [6.45, 7) is 5.98. The van der Waals surface area contributed by atoms with Crippen LogP contribution < -0.4 is 15.8 Å². The fourth-order valence-corrected chi connectivity index (χ4v) is 2.30. The molecule has 3 N–H and O–H groups in total. The molecular formula is C17H24N2O. The number of rotatable bonds is 6. The molecule has 0 radical (unpaired) electrons. The van der Waals surface area contributed by atoms with Gasteiger partial charge in [0, 0.05) is 12.6 Å². The summed E-state index contributed by atoms with van der Waals surface area (Å²) in [5, 5.41) is 5.93. The topological polar surface area (TPSA) is 47.3 Å². The van der Waals surface area contributed by atoms with Crippen LogP contribution in [0.4, 0.5) is 0 Å². The lowest BCUT2D eigenvalue weighted by Gasteiger charge is -2.19. The first-order valence-corrected chi connectivity index (χ1v) is 7.15. The predicted molar refractivity (Wildman–Crippen MR) is 85.1 cm³/mol. The van der Waals surface area contributed by atoms with Crippen molar-refractivity contribution in [2.45, 2.75) is 19.9 Å². The molecule has 0 saturated heterocycles. The van der Waals surface area contributed by atoms with Gasteiger partial charge in [0.15, 0.2) is 0 Å². The third kappa shape index (κ3) is 3.50. The van der Waals surface area contributed by atoms with Crippen molar-refractivity contribution in [1.82, 2.24) is 5.32 Å². The van der Waals surface area contributed by atoms with Gasteiger partial charge in [-0.1, -0.05) is 32.0 Å².